The summed E-state index contributed by atoms with van der Waals surface area (Å²) in [5.41, 5.74) is 1.86. The summed E-state index contributed by atoms with van der Waals surface area (Å²) in [5.74, 6) is -0.0879. The van der Waals surface area contributed by atoms with E-state index < -0.39 is 0 Å². The summed E-state index contributed by atoms with van der Waals surface area (Å²) in [5, 5.41) is 6.60. The molecule has 0 spiro atoms. The summed E-state index contributed by atoms with van der Waals surface area (Å²) in [6.45, 7) is 2.28. The number of anilines is 1. The first kappa shape index (κ1) is 14.6. The van der Waals surface area contributed by atoms with Gasteiger partial charge in [-0.2, -0.15) is 0 Å². The van der Waals surface area contributed by atoms with Crippen LogP contribution in [-0.2, 0) is 4.79 Å². The molecule has 1 atom stereocenters. The molecule has 0 radical (unpaired) electrons. The average Bonchev–Trinajstić information content (AvgIpc) is 2.46. The van der Waals surface area contributed by atoms with Gasteiger partial charge in [-0.05, 0) is 30.7 Å². The van der Waals surface area contributed by atoms with E-state index in [0.29, 0.717) is 10.7 Å². The fourth-order valence-electron chi connectivity index (χ4n) is 1.88. The molecule has 0 unspecified atom stereocenters. The van der Waals surface area contributed by atoms with Crippen molar-refractivity contribution in [3.05, 3.63) is 65.2 Å². The van der Waals surface area contributed by atoms with Crippen molar-refractivity contribution >= 4 is 23.2 Å². The van der Waals surface area contributed by atoms with Crippen LogP contribution in [0.15, 0.2) is 54.6 Å². The van der Waals surface area contributed by atoms with E-state index in [4.69, 9.17) is 11.6 Å². The molecule has 20 heavy (non-hydrogen) atoms. The highest BCUT2D eigenvalue weighted by atomic mass is 35.5. The molecular weight excluding hydrogens is 272 g/mol. The van der Waals surface area contributed by atoms with Crippen molar-refractivity contribution in [2.45, 2.75) is 13.0 Å². The Morgan fingerprint density at radius 3 is 2.60 bits per heavy atom. The van der Waals surface area contributed by atoms with E-state index >= 15 is 0 Å². The Hall–Kier alpha value is -1.84. The number of amides is 1. The van der Waals surface area contributed by atoms with Crippen LogP contribution in [0.25, 0.3) is 0 Å². The van der Waals surface area contributed by atoms with E-state index in [1.807, 2.05) is 43.3 Å². The van der Waals surface area contributed by atoms with Crippen molar-refractivity contribution in [3.63, 3.8) is 0 Å². The zero-order valence-corrected chi connectivity index (χ0v) is 12.0. The lowest BCUT2D eigenvalue weighted by Gasteiger charge is -2.14. The van der Waals surface area contributed by atoms with Crippen molar-refractivity contribution in [1.82, 2.24) is 5.32 Å². The number of nitrogens with one attached hydrogen (secondary N) is 2. The lowest BCUT2D eigenvalue weighted by atomic mass is 10.1. The predicted octanol–water partition coefficient (Wildman–Crippen LogP) is 3.63. The third-order valence-electron chi connectivity index (χ3n) is 2.98. The summed E-state index contributed by atoms with van der Waals surface area (Å²) in [6.07, 6.45) is 0. The first-order valence-electron chi connectivity index (χ1n) is 6.49. The zero-order valence-electron chi connectivity index (χ0n) is 11.3. The van der Waals surface area contributed by atoms with Gasteiger partial charge in [0.1, 0.15) is 0 Å². The quantitative estimate of drug-likeness (QED) is 0.882. The van der Waals surface area contributed by atoms with Gasteiger partial charge in [0.15, 0.2) is 0 Å². The van der Waals surface area contributed by atoms with Crippen LogP contribution in [0, 0.1) is 0 Å². The second kappa shape index (κ2) is 7.08. The zero-order chi connectivity index (χ0) is 14.4. The smallest absolute Gasteiger partial charge is 0.238 e. The Balaban J connectivity index is 1.83. The van der Waals surface area contributed by atoms with Crippen molar-refractivity contribution in [2.75, 3.05) is 11.9 Å². The number of rotatable bonds is 5. The molecule has 0 saturated heterocycles. The number of hydrogen-bond acceptors (Lipinski definition) is 2. The number of carbonyl (C=O) groups excluding carboxylic acids is 1. The Labute approximate surface area is 124 Å². The van der Waals surface area contributed by atoms with Crippen molar-refractivity contribution in [2.24, 2.45) is 0 Å². The minimum atomic E-state index is -0.0879. The molecule has 2 aromatic rings. The van der Waals surface area contributed by atoms with Crippen LogP contribution < -0.4 is 10.6 Å². The third kappa shape index (κ3) is 4.37. The van der Waals surface area contributed by atoms with Gasteiger partial charge >= 0.3 is 0 Å². The first-order chi connectivity index (χ1) is 9.65. The molecule has 104 valence electrons. The van der Waals surface area contributed by atoms with E-state index in [1.165, 1.54) is 0 Å². The van der Waals surface area contributed by atoms with Gasteiger partial charge in [0, 0.05) is 16.8 Å². The van der Waals surface area contributed by atoms with Gasteiger partial charge in [-0.1, -0.05) is 48.0 Å². The maximum absolute atomic E-state index is 11.8. The lowest BCUT2D eigenvalue weighted by molar-refractivity contribution is -0.115. The molecule has 0 aliphatic rings. The number of benzene rings is 2. The minimum Gasteiger partial charge on any atom is -0.325 e. The molecule has 0 aliphatic heterocycles. The normalized spacial score (nSPS) is 11.9. The molecule has 0 saturated carbocycles. The molecular formula is C16H17ClN2O. The molecule has 2 aromatic carbocycles. The van der Waals surface area contributed by atoms with Crippen molar-refractivity contribution in [1.29, 1.82) is 0 Å². The van der Waals surface area contributed by atoms with Crippen LogP contribution in [-0.4, -0.2) is 12.5 Å². The highest BCUT2D eigenvalue weighted by molar-refractivity contribution is 6.30. The van der Waals surface area contributed by atoms with E-state index in [-0.39, 0.29) is 18.5 Å². The summed E-state index contributed by atoms with van der Waals surface area (Å²) in [7, 11) is 0. The maximum atomic E-state index is 11.8. The average molecular weight is 289 g/mol. The number of hydrogen-bond donors (Lipinski definition) is 2. The van der Waals surface area contributed by atoms with Gasteiger partial charge in [0.05, 0.1) is 6.54 Å². The molecule has 2 rings (SSSR count). The Bertz CT molecular complexity index is 572. The maximum Gasteiger partial charge on any atom is 0.238 e. The monoisotopic (exact) mass is 288 g/mol. The van der Waals surface area contributed by atoms with Crippen LogP contribution in [0.2, 0.25) is 5.02 Å². The second-order valence-electron chi connectivity index (χ2n) is 4.57. The van der Waals surface area contributed by atoms with Crippen LogP contribution in [0.4, 0.5) is 5.69 Å². The molecule has 0 fully saturated rings. The predicted molar refractivity (Wildman–Crippen MR) is 82.9 cm³/mol. The van der Waals surface area contributed by atoms with Crippen molar-refractivity contribution in [3.8, 4) is 0 Å². The molecule has 0 aromatic heterocycles. The van der Waals surface area contributed by atoms with E-state index in [1.54, 1.807) is 18.2 Å². The summed E-state index contributed by atoms with van der Waals surface area (Å²) < 4.78 is 0. The Morgan fingerprint density at radius 2 is 1.90 bits per heavy atom. The molecule has 3 nitrogen and oxygen atoms in total. The van der Waals surface area contributed by atoms with Crippen molar-refractivity contribution < 1.29 is 4.79 Å². The molecule has 0 heterocycles. The Kier molecular flexibility index (Phi) is 5.16. The summed E-state index contributed by atoms with van der Waals surface area (Å²) in [4.78, 5) is 11.8. The summed E-state index contributed by atoms with van der Waals surface area (Å²) in [6, 6.07) is 17.2. The van der Waals surface area contributed by atoms with Gasteiger partial charge in [0.25, 0.3) is 0 Å². The highest BCUT2D eigenvalue weighted by Crippen LogP contribution is 2.15. The van der Waals surface area contributed by atoms with Gasteiger partial charge < -0.3 is 10.6 Å². The molecule has 4 heteroatoms. The molecule has 0 aliphatic carbocycles. The fraction of sp³-hybridized carbons (Fsp3) is 0.188. The minimum absolute atomic E-state index is 0.0879. The van der Waals surface area contributed by atoms with Crippen LogP contribution >= 0.6 is 11.6 Å². The standard InChI is InChI=1S/C16H17ClN2O/c1-12(13-6-3-2-4-7-13)18-11-16(20)19-15-9-5-8-14(17)10-15/h2-10,12,18H,11H2,1H3,(H,19,20)/t12-/m0/s1. The van der Waals surface area contributed by atoms with E-state index in [2.05, 4.69) is 10.6 Å². The second-order valence-corrected chi connectivity index (χ2v) is 5.01. The fourth-order valence-corrected chi connectivity index (χ4v) is 2.07. The van der Waals surface area contributed by atoms with Crippen LogP contribution in [0.5, 0.6) is 0 Å². The SMILES string of the molecule is C[C@H](NCC(=O)Nc1cccc(Cl)c1)c1ccccc1. The van der Waals surface area contributed by atoms with Gasteiger partial charge in [-0.3, -0.25) is 4.79 Å². The number of carbonyl (C=O) groups is 1. The van der Waals surface area contributed by atoms with Gasteiger partial charge in [0.2, 0.25) is 5.91 Å². The lowest BCUT2D eigenvalue weighted by Crippen LogP contribution is -2.30. The topological polar surface area (TPSA) is 41.1 Å². The van der Waals surface area contributed by atoms with Crippen LogP contribution in [0.3, 0.4) is 0 Å². The Morgan fingerprint density at radius 1 is 1.15 bits per heavy atom. The highest BCUT2D eigenvalue weighted by Gasteiger charge is 2.07. The van der Waals surface area contributed by atoms with Crippen LogP contribution in [0.1, 0.15) is 18.5 Å². The van der Waals surface area contributed by atoms with E-state index in [0.717, 1.165) is 5.56 Å². The number of halogens is 1. The first-order valence-corrected chi connectivity index (χ1v) is 6.86. The van der Waals surface area contributed by atoms with E-state index in [9.17, 15) is 4.79 Å². The molecule has 2 N–H and O–H groups in total. The summed E-state index contributed by atoms with van der Waals surface area (Å²) >= 11 is 5.87. The largest absolute Gasteiger partial charge is 0.325 e. The van der Waals surface area contributed by atoms with Gasteiger partial charge in [-0.15, -0.1) is 0 Å². The third-order valence-corrected chi connectivity index (χ3v) is 3.21. The molecule has 0 bridgehead atoms. The van der Waals surface area contributed by atoms with Gasteiger partial charge in [-0.25, -0.2) is 0 Å². The molecule has 1 amide bonds.